The summed E-state index contributed by atoms with van der Waals surface area (Å²) < 4.78 is 11.1. The number of likely N-dealkylation sites (N-methyl/N-ethyl adjacent to an activating group) is 2. The Hall–Kier alpha value is -1.14. The van der Waals surface area contributed by atoms with E-state index in [9.17, 15) is 9.59 Å². The van der Waals surface area contributed by atoms with Gasteiger partial charge in [0.25, 0.3) is 0 Å². The monoisotopic (exact) mass is 372 g/mol. The maximum absolute atomic E-state index is 13.2. The number of hydrogen-bond acceptors (Lipinski definition) is 6. The molecule has 0 saturated heterocycles. The largest absolute Gasteiger partial charge is 0.464 e. The van der Waals surface area contributed by atoms with Crippen LogP contribution in [-0.2, 0) is 19.1 Å². The molecular formula is C20H40N2O4. The van der Waals surface area contributed by atoms with Crippen LogP contribution in [0.15, 0.2) is 0 Å². The molecule has 0 aromatic heterocycles. The first-order chi connectivity index (χ1) is 12.3. The van der Waals surface area contributed by atoms with Crippen molar-refractivity contribution in [1.29, 1.82) is 0 Å². The lowest BCUT2D eigenvalue weighted by atomic mass is 9.75. The van der Waals surface area contributed by atoms with Crippen molar-refractivity contribution >= 4 is 11.9 Å². The van der Waals surface area contributed by atoms with Crippen LogP contribution < -0.4 is 0 Å². The van der Waals surface area contributed by atoms with Gasteiger partial charge < -0.3 is 9.47 Å². The van der Waals surface area contributed by atoms with Crippen molar-refractivity contribution in [1.82, 2.24) is 9.80 Å². The Bertz CT molecular complexity index is 396. The van der Waals surface area contributed by atoms with Gasteiger partial charge in [-0.2, -0.15) is 0 Å². The molecule has 6 heteroatoms. The van der Waals surface area contributed by atoms with Gasteiger partial charge in [-0.05, 0) is 52.9 Å². The fourth-order valence-electron chi connectivity index (χ4n) is 3.65. The zero-order valence-electron chi connectivity index (χ0n) is 18.2. The summed E-state index contributed by atoms with van der Waals surface area (Å²) >= 11 is 0. The molecule has 0 bridgehead atoms. The molecule has 0 aliphatic rings. The standard InChI is InChI=1S/C20H40N2O4/c1-9-15-25-17(23)19(7,21(11-3)12-4)20(8,22(13-5)14-6)18(24)26-16-10-2/h9-16H2,1-8H3. The highest BCUT2D eigenvalue weighted by molar-refractivity contribution is 5.94. The summed E-state index contributed by atoms with van der Waals surface area (Å²) in [5, 5.41) is 0. The van der Waals surface area contributed by atoms with Crippen LogP contribution in [-0.4, -0.2) is 72.2 Å². The van der Waals surface area contributed by atoms with Gasteiger partial charge in [0.15, 0.2) is 0 Å². The molecule has 2 unspecified atom stereocenters. The van der Waals surface area contributed by atoms with Gasteiger partial charge in [0.05, 0.1) is 13.2 Å². The van der Waals surface area contributed by atoms with Crippen LogP contribution in [0.4, 0.5) is 0 Å². The Kier molecular flexibility index (Phi) is 11.0. The van der Waals surface area contributed by atoms with Gasteiger partial charge in [-0.25, -0.2) is 9.59 Å². The number of carbonyl (C=O) groups is 2. The molecule has 0 N–H and O–H groups in total. The number of esters is 2. The minimum atomic E-state index is -1.15. The first-order valence-electron chi connectivity index (χ1n) is 10.1. The summed E-state index contributed by atoms with van der Waals surface area (Å²) in [4.78, 5) is 30.5. The number of ether oxygens (including phenoxy) is 2. The molecule has 0 aromatic rings. The first-order valence-corrected chi connectivity index (χ1v) is 10.1. The van der Waals surface area contributed by atoms with E-state index in [1.54, 1.807) is 0 Å². The molecule has 0 spiro atoms. The topological polar surface area (TPSA) is 59.1 Å². The van der Waals surface area contributed by atoms with Crippen LogP contribution in [0.1, 0.15) is 68.2 Å². The average Bonchev–Trinajstić information content (AvgIpc) is 2.65. The first kappa shape index (κ1) is 24.9. The minimum absolute atomic E-state index is 0.341. The number of nitrogens with zero attached hydrogens (tertiary/aromatic N) is 2. The summed E-state index contributed by atoms with van der Waals surface area (Å²) in [6.07, 6.45) is 1.48. The SMILES string of the molecule is CCCOC(=O)C(C)(N(CC)CC)C(C)(C(=O)OCCC)N(CC)CC. The predicted octanol–water partition coefficient (Wildman–Crippen LogP) is 3.09. The predicted molar refractivity (Wildman–Crippen MR) is 105 cm³/mol. The highest BCUT2D eigenvalue weighted by Crippen LogP contribution is 2.36. The molecule has 0 amide bonds. The van der Waals surface area contributed by atoms with E-state index in [1.165, 1.54) is 0 Å². The summed E-state index contributed by atoms with van der Waals surface area (Å²) in [5.41, 5.74) is -2.30. The quantitative estimate of drug-likeness (QED) is 0.463. The van der Waals surface area contributed by atoms with Crippen molar-refractivity contribution < 1.29 is 19.1 Å². The third-order valence-corrected chi connectivity index (χ3v) is 5.41. The summed E-state index contributed by atoms with van der Waals surface area (Å²) in [5.74, 6) is -0.739. The number of hydrogen-bond donors (Lipinski definition) is 0. The Morgan fingerprint density at radius 3 is 1.12 bits per heavy atom. The molecule has 0 heterocycles. The Balaban J connectivity index is 6.39. The zero-order chi connectivity index (χ0) is 20.4. The second-order valence-electron chi connectivity index (χ2n) is 6.76. The van der Waals surface area contributed by atoms with E-state index < -0.39 is 11.1 Å². The molecule has 2 atom stereocenters. The van der Waals surface area contributed by atoms with E-state index in [-0.39, 0.29) is 11.9 Å². The fraction of sp³-hybridized carbons (Fsp3) is 0.900. The highest BCUT2D eigenvalue weighted by Gasteiger charge is 2.62. The normalized spacial score (nSPS) is 16.2. The van der Waals surface area contributed by atoms with Gasteiger partial charge >= 0.3 is 11.9 Å². The van der Waals surface area contributed by atoms with Crippen LogP contribution in [0.25, 0.3) is 0 Å². The lowest BCUT2D eigenvalue weighted by Gasteiger charge is -2.52. The molecule has 0 radical (unpaired) electrons. The van der Waals surface area contributed by atoms with E-state index in [0.717, 1.165) is 12.8 Å². The Morgan fingerprint density at radius 2 is 0.923 bits per heavy atom. The van der Waals surface area contributed by atoms with Gasteiger partial charge in [0.2, 0.25) is 0 Å². The van der Waals surface area contributed by atoms with Crippen molar-refractivity contribution in [2.75, 3.05) is 39.4 Å². The molecule has 0 aliphatic heterocycles. The minimum Gasteiger partial charge on any atom is -0.464 e. The maximum atomic E-state index is 13.2. The molecule has 0 fully saturated rings. The third kappa shape index (κ3) is 4.77. The smallest absolute Gasteiger partial charge is 0.328 e. The summed E-state index contributed by atoms with van der Waals surface area (Å²) in [7, 11) is 0. The van der Waals surface area contributed by atoms with E-state index in [2.05, 4.69) is 0 Å². The summed E-state index contributed by atoms with van der Waals surface area (Å²) in [6, 6.07) is 0. The maximum Gasteiger partial charge on any atom is 0.328 e. The second-order valence-corrected chi connectivity index (χ2v) is 6.76. The summed E-state index contributed by atoms with van der Waals surface area (Å²) in [6.45, 7) is 18.8. The lowest BCUT2D eigenvalue weighted by Crippen LogP contribution is -2.75. The van der Waals surface area contributed by atoms with Gasteiger partial charge in [0.1, 0.15) is 11.1 Å². The van der Waals surface area contributed by atoms with Crippen LogP contribution in [0.2, 0.25) is 0 Å². The van der Waals surface area contributed by atoms with Gasteiger partial charge in [-0.15, -0.1) is 0 Å². The van der Waals surface area contributed by atoms with Crippen molar-refractivity contribution in [3.05, 3.63) is 0 Å². The van der Waals surface area contributed by atoms with Gasteiger partial charge in [0, 0.05) is 0 Å². The Morgan fingerprint density at radius 1 is 0.654 bits per heavy atom. The molecule has 26 heavy (non-hydrogen) atoms. The molecular weight excluding hydrogens is 332 g/mol. The molecule has 0 aliphatic carbocycles. The van der Waals surface area contributed by atoms with Gasteiger partial charge in [-0.1, -0.05) is 41.5 Å². The lowest BCUT2D eigenvalue weighted by molar-refractivity contribution is -0.185. The molecule has 0 saturated carbocycles. The fourth-order valence-corrected chi connectivity index (χ4v) is 3.65. The van der Waals surface area contributed by atoms with E-state index in [1.807, 2.05) is 65.2 Å². The van der Waals surface area contributed by atoms with Crippen LogP contribution >= 0.6 is 0 Å². The van der Waals surface area contributed by atoms with Crippen LogP contribution in [0.5, 0.6) is 0 Å². The van der Waals surface area contributed by atoms with E-state index in [4.69, 9.17) is 9.47 Å². The van der Waals surface area contributed by atoms with Crippen LogP contribution in [0.3, 0.4) is 0 Å². The van der Waals surface area contributed by atoms with Crippen molar-refractivity contribution in [2.24, 2.45) is 0 Å². The highest BCUT2D eigenvalue weighted by atomic mass is 16.5. The third-order valence-electron chi connectivity index (χ3n) is 5.41. The molecule has 6 nitrogen and oxygen atoms in total. The molecule has 0 aromatic carbocycles. The van der Waals surface area contributed by atoms with Gasteiger partial charge in [-0.3, -0.25) is 9.80 Å². The molecule has 154 valence electrons. The van der Waals surface area contributed by atoms with E-state index >= 15 is 0 Å². The van der Waals surface area contributed by atoms with Crippen molar-refractivity contribution in [3.63, 3.8) is 0 Å². The Labute approximate surface area is 160 Å². The van der Waals surface area contributed by atoms with Crippen LogP contribution in [0, 0.1) is 0 Å². The number of rotatable bonds is 13. The number of carbonyl (C=O) groups excluding carboxylic acids is 2. The average molecular weight is 373 g/mol. The van der Waals surface area contributed by atoms with E-state index in [0.29, 0.717) is 39.4 Å². The molecule has 0 rings (SSSR count). The second kappa shape index (κ2) is 11.5. The van der Waals surface area contributed by atoms with Crippen molar-refractivity contribution in [2.45, 2.75) is 79.3 Å². The van der Waals surface area contributed by atoms with Crippen molar-refractivity contribution in [3.8, 4) is 0 Å². The zero-order valence-corrected chi connectivity index (χ0v) is 18.2.